The van der Waals surface area contributed by atoms with Crippen LogP contribution in [-0.4, -0.2) is 54.4 Å². The zero-order chi connectivity index (χ0) is 26.1. The fraction of sp³-hybridized carbons (Fsp3) is 0.250. The van der Waals surface area contributed by atoms with Crippen molar-refractivity contribution in [2.45, 2.75) is 13.0 Å². The van der Waals surface area contributed by atoms with Crippen LogP contribution in [0.1, 0.15) is 21.6 Å². The molecule has 0 atom stereocenters. The molecule has 12 heteroatoms. The molecule has 0 saturated heterocycles. The number of halogens is 3. The third-order valence-corrected chi connectivity index (χ3v) is 6.44. The second-order valence-electron chi connectivity index (χ2n) is 7.62. The molecule has 0 aliphatic carbocycles. The van der Waals surface area contributed by atoms with Gasteiger partial charge in [0.25, 0.3) is 5.91 Å². The molecule has 0 bridgehead atoms. The van der Waals surface area contributed by atoms with E-state index in [2.05, 4.69) is 15.6 Å². The normalized spacial score (nSPS) is 10.7. The number of rotatable bonds is 11. The van der Waals surface area contributed by atoms with E-state index in [0.29, 0.717) is 15.8 Å². The first-order chi connectivity index (χ1) is 17.2. The van der Waals surface area contributed by atoms with E-state index in [1.807, 2.05) is 0 Å². The summed E-state index contributed by atoms with van der Waals surface area (Å²) in [5.41, 5.74) is 1.54. The molecule has 1 heterocycles. The largest absolute Gasteiger partial charge is 0.383 e. The predicted molar refractivity (Wildman–Crippen MR) is 137 cm³/mol. The van der Waals surface area contributed by atoms with E-state index >= 15 is 0 Å². The smallest absolute Gasteiger partial charge is 0.254 e. The summed E-state index contributed by atoms with van der Waals surface area (Å²) < 4.78 is 18.0. The lowest BCUT2D eigenvalue weighted by molar-refractivity contribution is -0.120. The number of carbonyl (C=O) groups excluding carboxylic acids is 3. The van der Waals surface area contributed by atoms with E-state index in [0.717, 1.165) is 16.9 Å². The van der Waals surface area contributed by atoms with Crippen LogP contribution in [0.4, 0.5) is 9.52 Å². The molecule has 1 aromatic heterocycles. The van der Waals surface area contributed by atoms with Crippen molar-refractivity contribution in [3.63, 3.8) is 0 Å². The van der Waals surface area contributed by atoms with Gasteiger partial charge >= 0.3 is 0 Å². The monoisotopic (exact) mass is 552 g/mol. The number of thiazole rings is 1. The van der Waals surface area contributed by atoms with Crippen LogP contribution in [0, 0.1) is 5.82 Å². The van der Waals surface area contributed by atoms with Gasteiger partial charge in [0.2, 0.25) is 11.8 Å². The van der Waals surface area contributed by atoms with Gasteiger partial charge in [0.15, 0.2) is 5.13 Å². The number of hydrogen-bond acceptors (Lipinski definition) is 6. The van der Waals surface area contributed by atoms with Crippen LogP contribution >= 0.6 is 34.5 Å². The zero-order valence-electron chi connectivity index (χ0n) is 19.2. The number of methoxy groups -OCH3 is 1. The Morgan fingerprint density at radius 3 is 2.53 bits per heavy atom. The van der Waals surface area contributed by atoms with Crippen LogP contribution < -0.4 is 10.6 Å². The number of amides is 3. The highest BCUT2D eigenvalue weighted by Gasteiger charge is 2.20. The summed E-state index contributed by atoms with van der Waals surface area (Å²) in [4.78, 5) is 43.3. The van der Waals surface area contributed by atoms with Crippen LogP contribution in [-0.2, 0) is 27.3 Å². The summed E-state index contributed by atoms with van der Waals surface area (Å²) in [5, 5.41) is 7.91. The minimum atomic E-state index is -0.457. The Balaban J connectivity index is 1.54. The second kappa shape index (κ2) is 13.3. The van der Waals surface area contributed by atoms with Crippen molar-refractivity contribution in [3.05, 3.63) is 80.5 Å². The molecular formula is C24H23Cl2FN4O4S. The number of benzene rings is 2. The summed E-state index contributed by atoms with van der Waals surface area (Å²) in [6, 6.07) is 10.3. The average molecular weight is 553 g/mol. The lowest BCUT2D eigenvalue weighted by Crippen LogP contribution is -2.40. The number of carbonyl (C=O) groups is 3. The number of nitrogens with one attached hydrogen (secondary N) is 2. The van der Waals surface area contributed by atoms with E-state index < -0.39 is 11.8 Å². The Bertz CT molecular complexity index is 1220. The number of hydrogen-bond donors (Lipinski definition) is 2. The Labute approximate surface area is 221 Å². The van der Waals surface area contributed by atoms with Gasteiger partial charge in [-0.15, -0.1) is 11.3 Å². The maximum atomic E-state index is 13.0. The first-order valence-corrected chi connectivity index (χ1v) is 12.4. The topological polar surface area (TPSA) is 101 Å². The Kier molecular flexibility index (Phi) is 10.2. The third kappa shape index (κ3) is 8.27. The summed E-state index contributed by atoms with van der Waals surface area (Å²) in [6.45, 7) is 0.432. The van der Waals surface area contributed by atoms with Gasteiger partial charge in [0.1, 0.15) is 12.4 Å². The number of aromatic nitrogens is 1. The van der Waals surface area contributed by atoms with Gasteiger partial charge in [-0.2, -0.15) is 0 Å². The quantitative estimate of drug-likeness (QED) is 0.371. The van der Waals surface area contributed by atoms with Gasteiger partial charge in [-0.1, -0.05) is 35.3 Å². The summed E-state index contributed by atoms with van der Waals surface area (Å²) in [7, 11) is 1.49. The highest BCUT2D eigenvalue weighted by atomic mass is 35.5. The van der Waals surface area contributed by atoms with Crippen molar-refractivity contribution in [3.8, 4) is 0 Å². The van der Waals surface area contributed by atoms with Crippen molar-refractivity contribution in [1.29, 1.82) is 0 Å². The van der Waals surface area contributed by atoms with E-state index in [4.69, 9.17) is 27.9 Å². The lowest BCUT2D eigenvalue weighted by atomic mass is 10.2. The third-order valence-electron chi connectivity index (χ3n) is 4.90. The molecule has 2 aromatic carbocycles. The molecule has 0 saturated carbocycles. The van der Waals surface area contributed by atoms with Gasteiger partial charge < -0.3 is 20.3 Å². The molecule has 8 nitrogen and oxygen atoms in total. The van der Waals surface area contributed by atoms with Crippen LogP contribution in [0.5, 0.6) is 0 Å². The van der Waals surface area contributed by atoms with Crippen molar-refractivity contribution in [2.24, 2.45) is 0 Å². The summed E-state index contributed by atoms with van der Waals surface area (Å²) in [6.07, 6.45) is 0.0172. The Morgan fingerprint density at radius 2 is 1.83 bits per heavy atom. The average Bonchev–Trinajstić information content (AvgIpc) is 3.28. The number of nitrogens with zero attached hydrogens (tertiary/aromatic N) is 2. The molecule has 0 unspecified atom stereocenters. The first kappa shape index (κ1) is 27.5. The van der Waals surface area contributed by atoms with Crippen LogP contribution in [0.3, 0.4) is 0 Å². The molecule has 3 amide bonds. The molecule has 0 spiro atoms. The molecule has 0 radical (unpaired) electrons. The van der Waals surface area contributed by atoms with E-state index in [-0.39, 0.29) is 55.0 Å². The molecule has 0 aliphatic rings. The standard InChI is InChI=1S/C24H23Cl2FN4O4S/c1-35-9-8-31(23(34)16-4-7-19(25)20(26)10-16)13-22(33)30-24-29-18(14-36-24)11-21(32)28-12-15-2-5-17(27)6-3-15/h2-7,10,14H,8-9,11-13H2,1H3,(H,28,32)(H,29,30,33). The van der Waals surface area contributed by atoms with Gasteiger partial charge in [-0.25, -0.2) is 9.37 Å². The minimum absolute atomic E-state index is 0.0172. The minimum Gasteiger partial charge on any atom is -0.383 e. The van der Waals surface area contributed by atoms with E-state index in [1.165, 1.54) is 42.3 Å². The highest BCUT2D eigenvalue weighted by Crippen LogP contribution is 2.23. The molecule has 2 N–H and O–H groups in total. The summed E-state index contributed by atoms with van der Waals surface area (Å²) in [5.74, 6) is -1.47. The Morgan fingerprint density at radius 1 is 1.08 bits per heavy atom. The van der Waals surface area contributed by atoms with Crippen LogP contribution in [0.25, 0.3) is 0 Å². The molecular weight excluding hydrogens is 530 g/mol. The van der Waals surface area contributed by atoms with Crippen molar-refractivity contribution in [2.75, 3.05) is 32.1 Å². The number of ether oxygens (including phenoxy) is 1. The SMILES string of the molecule is COCCN(CC(=O)Nc1nc(CC(=O)NCc2ccc(F)cc2)cs1)C(=O)c1ccc(Cl)c(Cl)c1. The lowest BCUT2D eigenvalue weighted by Gasteiger charge is -2.22. The maximum absolute atomic E-state index is 13.0. The van der Waals surface area contributed by atoms with Gasteiger partial charge in [0.05, 0.1) is 28.8 Å². The van der Waals surface area contributed by atoms with Crippen molar-refractivity contribution < 1.29 is 23.5 Å². The van der Waals surface area contributed by atoms with Crippen molar-refractivity contribution >= 4 is 57.4 Å². The molecule has 0 aliphatic heterocycles. The fourth-order valence-corrected chi connectivity index (χ4v) is 4.10. The predicted octanol–water partition coefficient (Wildman–Crippen LogP) is 4.18. The molecule has 3 rings (SSSR count). The van der Waals surface area contributed by atoms with Crippen LogP contribution in [0.2, 0.25) is 10.0 Å². The fourth-order valence-electron chi connectivity index (χ4n) is 3.07. The van der Waals surface area contributed by atoms with E-state index in [9.17, 15) is 18.8 Å². The zero-order valence-corrected chi connectivity index (χ0v) is 21.6. The molecule has 0 fully saturated rings. The number of anilines is 1. The first-order valence-electron chi connectivity index (χ1n) is 10.7. The van der Waals surface area contributed by atoms with E-state index in [1.54, 1.807) is 17.5 Å². The second-order valence-corrected chi connectivity index (χ2v) is 9.29. The summed E-state index contributed by atoms with van der Waals surface area (Å²) >= 11 is 13.1. The Hall–Kier alpha value is -3.05. The van der Waals surface area contributed by atoms with Gasteiger partial charge in [-0.3, -0.25) is 14.4 Å². The highest BCUT2D eigenvalue weighted by molar-refractivity contribution is 7.13. The van der Waals surface area contributed by atoms with Crippen LogP contribution in [0.15, 0.2) is 47.8 Å². The van der Waals surface area contributed by atoms with Gasteiger partial charge in [-0.05, 0) is 35.9 Å². The molecule has 36 heavy (non-hydrogen) atoms. The van der Waals surface area contributed by atoms with Crippen molar-refractivity contribution in [1.82, 2.24) is 15.2 Å². The molecule has 3 aromatic rings. The maximum Gasteiger partial charge on any atom is 0.254 e. The molecule has 190 valence electrons. The van der Waals surface area contributed by atoms with Gasteiger partial charge in [0, 0.05) is 31.1 Å².